The van der Waals surface area contributed by atoms with Gasteiger partial charge in [0, 0.05) is 11.7 Å². The fourth-order valence-electron chi connectivity index (χ4n) is 1.64. The molecule has 0 aliphatic rings. The van der Waals surface area contributed by atoms with E-state index in [4.69, 9.17) is 5.11 Å². The van der Waals surface area contributed by atoms with Gasteiger partial charge in [0.25, 0.3) is 11.5 Å². The molecule has 0 aliphatic heterocycles. The Hall–Kier alpha value is -2.11. The van der Waals surface area contributed by atoms with Gasteiger partial charge in [0.15, 0.2) is 0 Å². The lowest BCUT2D eigenvalue weighted by atomic mass is 10.0. The van der Waals surface area contributed by atoms with Crippen molar-refractivity contribution in [3.8, 4) is 0 Å². The van der Waals surface area contributed by atoms with Crippen molar-refractivity contribution >= 4 is 11.9 Å². The van der Waals surface area contributed by atoms with Crippen LogP contribution in [0.1, 0.15) is 36.3 Å². The number of aromatic amines is 1. The summed E-state index contributed by atoms with van der Waals surface area (Å²) in [7, 11) is 0. The zero-order valence-electron chi connectivity index (χ0n) is 11.2. The average Bonchev–Trinajstić information content (AvgIpc) is 2.26. The predicted molar refractivity (Wildman–Crippen MR) is 70.1 cm³/mol. The third-order valence-corrected chi connectivity index (χ3v) is 2.82. The molecule has 0 radical (unpaired) electrons. The van der Waals surface area contributed by atoms with Crippen molar-refractivity contribution in [2.24, 2.45) is 5.92 Å². The number of aromatic nitrogens is 1. The Bertz CT molecular complexity index is 534. The summed E-state index contributed by atoms with van der Waals surface area (Å²) >= 11 is 0. The molecule has 6 nitrogen and oxygen atoms in total. The van der Waals surface area contributed by atoms with Gasteiger partial charge >= 0.3 is 5.97 Å². The number of carbonyl (C=O) groups excluding carboxylic acids is 1. The molecular formula is C13H18N2O4. The van der Waals surface area contributed by atoms with E-state index in [0.717, 1.165) is 0 Å². The highest BCUT2D eigenvalue weighted by Crippen LogP contribution is 2.07. The Morgan fingerprint density at radius 1 is 1.37 bits per heavy atom. The number of amides is 1. The Balaban J connectivity index is 2.87. The van der Waals surface area contributed by atoms with Crippen LogP contribution in [-0.2, 0) is 4.79 Å². The third-order valence-electron chi connectivity index (χ3n) is 2.82. The van der Waals surface area contributed by atoms with Crippen molar-refractivity contribution in [2.45, 2.75) is 33.2 Å². The first kappa shape index (κ1) is 14.9. The Kier molecular flexibility index (Phi) is 4.86. The van der Waals surface area contributed by atoms with Gasteiger partial charge in [0.2, 0.25) is 0 Å². The minimum atomic E-state index is -0.989. The van der Waals surface area contributed by atoms with Gasteiger partial charge in [-0.1, -0.05) is 13.8 Å². The van der Waals surface area contributed by atoms with Crippen LogP contribution in [0.15, 0.2) is 16.9 Å². The number of nitrogens with one attached hydrogen (secondary N) is 2. The number of aliphatic carboxylic acids is 1. The molecule has 0 spiro atoms. The lowest BCUT2D eigenvalue weighted by Gasteiger charge is -2.20. The third kappa shape index (κ3) is 4.24. The zero-order valence-corrected chi connectivity index (χ0v) is 11.2. The number of carbonyl (C=O) groups is 2. The molecule has 6 heteroatoms. The second-order valence-electron chi connectivity index (χ2n) is 4.81. The number of aryl methyl sites for hydroxylation is 1. The number of H-pyrrole nitrogens is 1. The number of carboxylic acids is 1. The molecule has 1 unspecified atom stereocenters. The van der Waals surface area contributed by atoms with Crippen LogP contribution in [0.25, 0.3) is 0 Å². The second kappa shape index (κ2) is 6.17. The van der Waals surface area contributed by atoms with E-state index in [1.165, 1.54) is 6.07 Å². The zero-order chi connectivity index (χ0) is 14.6. The van der Waals surface area contributed by atoms with E-state index in [-0.39, 0.29) is 17.9 Å². The summed E-state index contributed by atoms with van der Waals surface area (Å²) in [6.45, 7) is 5.34. The first-order valence-corrected chi connectivity index (χ1v) is 6.04. The van der Waals surface area contributed by atoms with Crippen molar-refractivity contribution in [2.75, 3.05) is 0 Å². The summed E-state index contributed by atoms with van der Waals surface area (Å²) in [5.41, 5.74) is 0.171. The molecule has 0 saturated carbocycles. The topological polar surface area (TPSA) is 99.3 Å². The van der Waals surface area contributed by atoms with Crippen LogP contribution in [0.3, 0.4) is 0 Å². The Morgan fingerprint density at radius 3 is 2.47 bits per heavy atom. The molecule has 0 bridgehead atoms. The summed E-state index contributed by atoms with van der Waals surface area (Å²) in [4.78, 5) is 36.8. The summed E-state index contributed by atoms with van der Waals surface area (Å²) in [6, 6.07) is 2.55. The van der Waals surface area contributed by atoms with Gasteiger partial charge in [-0.2, -0.15) is 0 Å². The number of pyridine rings is 1. The van der Waals surface area contributed by atoms with Crippen LogP contribution in [0.2, 0.25) is 0 Å². The minimum absolute atomic E-state index is 0.0124. The first-order chi connectivity index (χ1) is 8.81. The molecule has 1 amide bonds. The number of hydrogen-bond acceptors (Lipinski definition) is 3. The molecule has 1 aromatic rings. The maximum absolute atomic E-state index is 11.9. The van der Waals surface area contributed by atoms with Crippen LogP contribution in [-0.4, -0.2) is 28.0 Å². The van der Waals surface area contributed by atoms with Gasteiger partial charge in [-0.3, -0.25) is 14.4 Å². The molecule has 1 aromatic heterocycles. The maximum atomic E-state index is 11.9. The van der Waals surface area contributed by atoms with Crippen molar-refractivity contribution in [1.82, 2.24) is 10.3 Å². The van der Waals surface area contributed by atoms with E-state index in [1.54, 1.807) is 13.0 Å². The van der Waals surface area contributed by atoms with E-state index in [2.05, 4.69) is 10.3 Å². The van der Waals surface area contributed by atoms with E-state index in [9.17, 15) is 14.4 Å². The summed E-state index contributed by atoms with van der Waals surface area (Å²) in [6.07, 6.45) is -0.173. The molecule has 0 aromatic carbocycles. The molecule has 1 atom stereocenters. The standard InChI is InChI=1S/C13H18N2O4/c1-7(2)10(6-11(16)17)15-13(19)9-5-4-8(3)14-12(9)18/h4-5,7,10H,6H2,1-3H3,(H,14,18)(H,15,19)(H,16,17). The van der Waals surface area contributed by atoms with Gasteiger partial charge < -0.3 is 15.4 Å². The smallest absolute Gasteiger partial charge is 0.305 e. The lowest BCUT2D eigenvalue weighted by molar-refractivity contribution is -0.137. The molecule has 3 N–H and O–H groups in total. The van der Waals surface area contributed by atoms with Crippen LogP contribution >= 0.6 is 0 Å². The van der Waals surface area contributed by atoms with E-state index in [0.29, 0.717) is 5.69 Å². The molecule has 0 saturated heterocycles. The molecule has 1 rings (SSSR count). The highest BCUT2D eigenvalue weighted by atomic mass is 16.4. The highest BCUT2D eigenvalue weighted by molar-refractivity contribution is 5.94. The number of carboxylic acid groups (broad SMARTS) is 1. The molecular weight excluding hydrogens is 248 g/mol. The van der Waals surface area contributed by atoms with Gasteiger partial charge in [0.05, 0.1) is 6.42 Å². The number of hydrogen-bond donors (Lipinski definition) is 3. The van der Waals surface area contributed by atoms with Gasteiger partial charge in [-0.25, -0.2) is 0 Å². The molecule has 19 heavy (non-hydrogen) atoms. The molecule has 104 valence electrons. The van der Waals surface area contributed by atoms with Crippen LogP contribution < -0.4 is 10.9 Å². The van der Waals surface area contributed by atoms with Crippen LogP contribution in [0.4, 0.5) is 0 Å². The Morgan fingerprint density at radius 2 is 2.00 bits per heavy atom. The molecule has 0 fully saturated rings. The van der Waals surface area contributed by atoms with Crippen molar-refractivity contribution in [3.05, 3.63) is 33.7 Å². The van der Waals surface area contributed by atoms with Crippen LogP contribution in [0, 0.1) is 12.8 Å². The minimum Gasteiger partial charge on any atom is -0.481 e. The van der Waals surface area contributed by atoms with E-state index < -0.39 is 23.5 Å². The van der Waals surface area contributed by atoms with Gasteiger partial charge in [-0.05, 0) is 25.0 Å². The van der Waals surface area contributed by atoms with Crippen molar-refractivity contribution < 1.29 is 14.7 Å². The van der Waals surface area contributed by atoms with Crippen molar-refractivity contribution in [1.29, 1.82) is 0 Å². The van der Waals surface area contributed by atoms with Crippen molar-refractivity contribution in [3.63, 3.8) is 0 Å². The predicted octanol–water partition coefficient (Wildman–Crippen LogP) is 0.912. The maximum Gasteiger partial charge on any atom is 0.305 e. The Labute approximate surface area is 110 Å². The quantitative estimate of drug-likeness (QED) is 0.737. The van der Waals surface area contributed by atoms with Gasteiger partial charge in [0.1, 0.15) is 5.56 Å². The fourth-order valence-corrected chi connectivity index (χ4v) is 1.64. The summed E-state index contributed by atoms with van der Waals surface area (Å²) in [5, 5.41) is 11.4. The highest BCUT2D eigenvalue weighted by Gasteiger charge is 2.21. The number of rotatable bonds is 5. The monoisotopic (exact) mass is 266 g/mol. The average molecular weight is 266 g/mol. The SMILES string of the molecule is Cc1ccc(C(=O)NC(CC(=O)O)C(C)C)c(=O)[nH]1. The molecule has 0 aliphatic carbocycles. The largest absolute Gasteiger partial charge is 0.481 e. The van der Waals surface area contributed by atoms with E-state index in [1.807, 2.05) is 13.8 Å². The van der Waals surface area contributed by atoms with E-state index >= 15 is 0 Å². The lowest BCUT2D eigenvalue weighted by Crippen LogP contribution is -2.41. The van der Waals surface area contributed by atoms with Gasteiger partial charge in [-0.15, -0.1) is 0 Å². The second-order valence-corrected chi connectivity index (χ2v) is 4.81. The fraction of sp³-hybridized carbons (Fsp3) is 0.462. The molecule has 1 heterocycles. The van der Waals surface area contributed by atoms with Crippen LogP contribution in [0.5, 0.6) is 0 Å². The first-order valence-electron chi connectivity index (χ1n) is 6.04. The summed E-state index contributed by atoms with van der Waals surface area (Å²) < 4.78 is 0. The normalized spacial score (nSPS) is 12.2. The summed E-state index contributed by atoms with van der Waals surface area (Å²) in [5.74, 6) is -1.58.